The summed E-state index contributed by atoms with van der Waals surface area (Å²) < 4.78 is 31.8. The maximum Gasteiger partial charge on any atom is 0.312 e. The number of amides is 1. The Hall–Kier alpha value is -2.20. The summed E-state index contributed by atoms with van der Waals surface area (Å²) in [5, 5.41) is 14.2. The lowest BCUT2D eigenvalue weighted by Gasteiger charge is -2.16. The van der Waals surface area contributed by atoms with Crippen LogP contribution in [0.2, 0.25) is 0 Å². The second-order valence-electron chi connectivity index (χ2n) is 6.84. The fourth-order valence-corrected chi connectivity index (χ4v) is 5.02. The molecule has 2 fully saturated rings. The number of rotatable bonds is 7. The Morgan fingerprint density at radius 3 is 2.52 bits per heavy atom. The second kappa shape index (κ2) is 8.22. The minimum atomic E-state index is -3.76. The van der Waals surface area contributed by atoms with Gasteiger partial charge in [0.15, 0.2) is 12.4 Å². The van der Waals surface area contributed by atoms with Crippen molar-refractivity contribution in [3.63, 3.8) is 0 Å². The van der Waals surface area contributed by atoms with Crippen LogP contribution >= 0.6 is 0 Å². The van der Waals surface area contributed by atoms with Crippen LogP contribution in [0.5, 0.6) is 5.75 Å². The topological polar surface area (TPSA) is 119 Å². The van der Waals surface area contributed by atoms with Gasteiger partial charge in [-0.2, -0.15) is 4.31 Å². The van der Waals surface area contributed by atoms with Crippen molar-refractivity contribution in [1.82, 2.24) is 9.62 Å². The van der Waals surface area contributed by atoms with Gasteiger partial charge in [0.2, 0.25) is 10.0 Å². The largest absolute Gasteiger partial charge is 0.477 e. The van der Waals surface area contributed by atoms with E-state index >= 15 is 0 Å². The summed E-state index contributed by atoms with van der Waals surface area (Å²) in [6, 6.07) is 3.65. The van der Waals surface area contributed by atoms with Crippen LogP contribution in [0.15, 0.2) is 23.1 Å². The van der Waals surface area contributed by atoms with E-state index in [0.29, 0.717) is 13.1 Å². The van der Waals surface area contributed by atoms with Crippen molar-refractivity contribution in [2.24, 2.45) is 0 Å². The molecule has 10 heteroatoms. The summed E-state index contributed by atoms with van der Waals surface area (Å²) in [4.78, 5) is 22.5. The molecule has 2 aliphatic rings. The number of nitrogens with zero attached hydrogens (tertiary/aromatic N) is 2. The van der Waals surface area contributed by atoms with Crippen LogP contribution < -0.4 is 10.1 Å². The van der Waals surface area contributed by atoms with Crippen LogP contribution in [0.4, 0.5) is 5.69 Å². The molecule has 1 N–H and O–H groups in total. The number of hydrogen-bond donors (Lipinski definition) is 1. The van der Waals surface area contributed by atoms with Gasteiger partial charge in [-0.3, -0.25) is 14.9 Å². The minimum Gasteiger partial charge on any atom is -0.477 e. The molecule has 1 heterocycles. The molecule has 0 bridgehead atoms. The number of ether oxygens (including phenoxy) is 1. The number of nitro benzene ring substituents is 1. The number of carbonyl (C=O) groups excluding carboxylic acids is 1. The van der Waals surface area contributed by atoms with Gasteiger partial charge in [0.1, 0.15) is 0 Å². The first-order chi connectivity index (χ1) is 12.9. The van der Waals surface area contributed by atoms with E-state index in [4.69, 9.17) is 4.74 Å². The molecular formula is C17H23N3O6S. The van der Waals surface area contributed by atoms with Crippen molar-refractivity contribution in [2.75, 3.05) is 19.7 Å². The third-order valence-corrected chi connectivity index (χ3v) is 6.80. The lowest BCUT2D eigenvalue weighted by atomic mass is 10.2. The number of nitrogens with one attached hydrogen (secondary N) is 1. The fourth-order valence-electron chi connectivity index (χ4n) is 3.48. The van der Waals surface area contributed by atoms with Crippen LogP contribution in [0.25, 0.3) is 0 Å². The first-order valence-electron chi connectivity index (χ1n) is 9.08. The summed E-state index contributed by atoms with van der Waals surface area (Å²) in [5.74, 6) is -0.466. The Morgan fingerprint density at radius 1 is 1.22 bits per heavy atom. The molecule has 1 amide bonds. The third-order valence-electron chi connectivity index (χ3n) is 4.91. The Bertz CT molecular complexity index is 814. The van der Waals surface area contributed by atoms with Gasteiger partial charge < -0.3 is 10.1 Å². The molecule has 1 aromatic carbocycles. The molecule has 0 aromatic heterocycles. The zero-order valence-corrected chi connectivity index (χ0v) is 15.7. The predicted molar refractivity (Wildman–Crippen MR) is 97.0 cm³/mol. The monoisotopic (exact) mass is 397 g/mol. The molecule has 1 aliphatic carbocycles. The van der Waals surface area contributed by atoms with Gasteiger partial charge in [-0.25, -0.2) is 8.42 Å². The van der Waals surface area contributed by atoms with E-state index < -0.39 is 20.6 Å². The van der Waals surface area contributed by atoms with E-state index in [1.165, 1.54) is 16.4 Å². The molecule has 0 atom stereocenters. The van der Waals surface area contributed by atoms with Gasteiger partial charge >= 0.3 is 5.69 Å². The maximum absolute atomic E-state index is 12.6. The van der Waals surface area contributed by atoms with Crippen LogP contribution in [-0.4, -0.2) is 49.3 Å². The van der Waals surface area contributed by atoms with E-state index in [1.54, 1.807) is 0 Å². The fraction of sp³-hybridized carbons (Fsp3) is 0.588. The van der Waals surface area contributed by atoms with E-state index in [9.17, 15) is 23.3 Å². The van der Waals surface area contributed by atoms with Gasteiger partial charge in [0, 0.05) is 25.2 Å². The van der Waals surface area contributed by atoms with Gasteiger partial charge in [-0.05, 0) is 37.8 Å². The van der Waals surface area contributed by atoms with Gasteiger partial charge in [0.05, 0.1) is 9.82 Å². The third kappa shape index (κ3) is 4.56. The molecule has 9 nitrogen and oxygen atoms in total. The average molecular weight is 397 g/mol. The molecule has 0 spiro atoms. The smallest absolute Gasteiger partial charge is 0.312 e. The van der Waals surface area contributed by atoms with E-state index in [1.807, 2.05) is 0 Å². The predicted octanol–water partition coefficient (Wildman–Crippen LogP) is 1.82. The molecule has 0 unspecified atom stereocenters. The second-order valence-corrected chi connectivity index (χ2v) is 8.77. The van der Waals surface area contributed by atoms with Crippen molar-refractivity contribution >= 4 is 21.6 Å². The summed E-state index contributed by atoms with van der Waals surface area (Å²) in [5.41, 5.74) is -0.469. The van der Waals surface area contributed by atoms with Crippen molar-refractivity contribution in [2.45, 2.75) is 49.5 Å². The zero-order chi connectivity index (χ0) is 19.4. The number of hydrogen-bond acceptors (Lipinski definition) is 6. The quantitative estimate of drug-likeness (QED) is 0.554. The lowest BCUT2D eigenvalue weighted by molar-refractivity contribution is -0.386. The number of benzene rings is 1. The molecule has 1 saturated heterocycles. The molecule has 1 aromatic rings. The Labute approximate surface area is 157 Å². The van der Waals surface area contributed by atoms with Crippen molar-refractivity contribution < 1.29 is 22.9 Å². The van der Waals surface area contributed by atoms with E-state index in [2.05, 4.69) is 5.32 Å². The average Bonchev–Trinajstić information content (AvgIpc) is 3.33. The highest BCUT2D eigenvalue weighted by Gasteiger charge is 2.30. The molecular weight excluding hydrogens is 374 g/mol. The van der Waals surface area contributed by atoms with Crippen molar-refractivity contribution in [3.05, 3.63) is 28.3 Å². The van der Waals surface area contributed by atoms with Crippen LogP contribution in [0, 0.1) is 10.1 Å². The molecule has 0 radical (unpaired) electrons. The van der Waals surface area contributed by atoms with E-state index in [-0.39, 0.29) is 29.2 Å². The SMILES string of the molecule is O=C(COc1ccc(S(=O)(=O)N2CCCC2)cc1[N+](=O)[O-])NC1CCCC1. The van der Waals surface area contributed by atoms with Crippen molar-refractivity contribution in [3.8, 4) is 5.75 Å². The molecule has 1 saturated carbocycles. The Balaban J connectivity index is 1.72. The summed E-state index contributed by atoms with van der Waals surface area (Å²) in [6.45, 7) is 0.473. The number of carbonyl (C=O) groups is 1. The highest BCUT2D eigenvalue weighted by Crippen LogP contribution is 2.31. The zero-order valence-electron chi connectivity index (χ0n) is 14.9. The van der Waals surface area contributed by atoms with Gasteiger partial charge in [-0.1, -0.05) is 12.8 Å². The highest BCUT2D eigenvalue weighted by molar-refractivity contribution is 7.89. The summed E-state index contributed by atoms with van der Waals surface area (Å²) in [7, 11) is -3.76. The molecule has 3 rings (SSSR count). The van der Waals surface area contributed by atoms with E-state index in [0.717, 1.165) is 44.6 Å². The van der Waals surface area contributed by atoms with Crippen LogP contribution in [0.3, 0.4) is 0 Å². The molecule has 27 heavy (non-hydrogen) atoms. The lowest BCUT2D eigenvalue weighted by Crippen LogP contribution is -2.36. The van der Waals surface area contributed by atoms with Crippen LogP contribution in [-0.2, 0) is 14.8 Å². The highest BCUT2D eigenvalue weighted by atomic mass is 32.2. The standard InChI is InChI=1S/C17H23N3O6S/c21-17(18-13-5-1-2-6-13)12-26-16-8-7-14(11-15(16)20(22)23)27(24,25)19-9-3-4-10-19/h7-8,11,13H,1-6,9-10,12H2,(H,18,21). The summed E-state index contributed by atoms with van der Waals surface area (Å²) >= 11 is 0. The number of nitro groups is 1. The molecule has 148 valence electrons. The molecule has 1 aliphatic heterocycles. The minimum absolute atomic E-state index is 0.123. The van der Waals surface area contributed by atoms with Crippen LogP contribution in [0.1, 0.15) is 38.5 Å². The summed E-state index contributed by atoms with van der Waals surface area (Å²) in [6.07, 6.45) is 5.55. The Morgan fingerprint density at radius 2 is 1.89 bits per heavy atom. The normalized spacial score (nSPS) is 18.5. The van der Waals surface area contributed by atoms with Crippen molar-refractivity contribution in [1.29, 1.82) is 0 Å². The Kier molecular flexibility index (Phi) is 5.95. The first-order valence-corrected chi connectivity index (χ1v) is 10.5. The van der Waals surface area contributed by atoms with Gasteiger partial charge in [-0.15, -0.1) is 0 Å². The first kappa shape index (κ1) is 19.6. The number of sulfonamides is 1. The van der Waals surface area contributed by atoms with Gasteiger partial charge in [0.25, 0.3) is 5.91 Å². The maximum atomic E-state index is 12.6.